The predicted molar refractivity (Wildman–Crippen MR) is 92.1 cm³/mol. The molecule has 1 N–H and O–H groups in total. The van der Waals surface area contributed by atoms with Crippen LogP contribution in [0.2, 0.25) is 0 Å². The van der Waals surface area contributed by atoms with Crippen molar-refractivity contribution < 1.29 is 14.0 Å². The summed E-state index contributed by atoms with van der Waals surface area (Å²) < 4.78 is 11.4. The van der Waals surface area contributed by atoms with E-state index in [0.29, 0.717) is 12.0 Å². The van der Waals surface area contributed by atoms with Gasteiger partial charge in [-0.1, -0.05) is 30.3 Å². The summed E-state index contributed by atoms with van der Waals surface area (Å²) in [4.78, 5) is 0. The van der Waals surface area contributed by atoms with Crippen LogP contribution in [-0.2, 0) is 6.42 Å². The average Bonchev–Trinajstić information content (AvgIpc) is 2.97. The number of rotatable bonds is 2. The van der Waals surface area contributed by atoms with Crippen molar-refractivity contribution in [3.05, 3.63) is 76.5 Å². The Kier molecular flexibility index (Phi) is 3.38. The second-order valence-corrected chi connectivity index (χ2v) is 6.04. The lowest BCUT2D eigenvalue weighted by Crippen LogP contribution is -2.13. The zero-order chi connectivity index (χ0) is 16.7. The molecule has 0 saturated carbocycles. The summed E-state index contributed by atoms with van der Waals surface area (Å²) in [5, 5.41) is 14.8. The summed E-state index contributed by atoms with van der Waals surface area (Å²) >= 11 is 0. The highest BCUT2D eigenvalue weighted by Gasteiger charge is 2.14. The smallest absolute Gasteiger partial charge is 0.259 e. The van der Waals surface area contributed by atoms with Crippen molar-refractivity contribution in [2.24, 2.45) is 5.16 Å². The number of hydrogen-bond donors (Lipinski definition) is 1. The van der Waals surface area contributed by atoms with Crippen LogP contribution < -0.4 is 5.55 Å². The van der Waals surface area contributed by atoms with E-state index in [2.05, 4.69) is 11.2 Å². The maximum Gasteiger partial charge on any atom is 0.259 e. The van der Waals surface area contributed by atoms with E-state index in [9.17, 15) is 5.21 Å². The Morgan fingerprint density at radius 3 is 2.54 bits per heavy atom. The van der Waals surface area contributed by atoms with Gasteiger partial charge in [-0.2, -0.15) is 0 Å². The number of benzene rings is 2. The lowest BCUT2D eigenvalue weighted by atomic mass is 9.98. The summed E-state index contributed by atoms with van der Waals surface area (Å²) in [6.07, 6.45) is 2.38. The molecule has 24 heavy (non-hydrogen) atoms. The fraction of sp³-hybridized carbons (Fsp3) is 0.150. The van der Waals surface area contributed by atoms with Gasteiger partial charge in [0.1, 0.15) is 11.2 Å². The Hall–Kier alpha value is -3.01. The molecule has 2 aromatic heterocycles. The molecule has 0 saturated heterocycles. The predicted octanol–water partition coefficient (Wildman–Crippen LogP) is 4.68. The fourth-order valence-electron chi connectivity index (χ4n) is 3.14. The van der Waals surface area contributed by atoms with E-state index in [1.807, 2.05) is 50.2 Å². The lowest BCUT2D eigenvalue weighted by molar-refractivity contribution is 0.275. The first-order valence-corrected chi connectivity index (χ1v) is 7.83. The van der Waals surface area contributed by atoms with Gasteiger partial charge in [0.05, 0.1) is 6.26 Å². The number of nitrogens with zero attached hydrogens (tertiary/aromatic N) is 1. The quantitative estimate of drug-likeness (QED) is 0.431. The SMILES string of the molecule is Cc1coc2cc3o/c(=N/O)c(Cc4ccccc4)c(C)c3cc12. The van der Waals surface area contributed by atoms with E-state index in [4.69, 9.17) is 8.83 Å². The van der Waals surface area contributed by atoms with E-state index < -0.39 is 0 Å². The zero-order valence-electron chi connectivity index (χ0n) is 13.5. The minimum absolute atomic E-state index is 0.242. The molecule has 2 aromatic carbocycles. The van der Waals surface area contributed by atoms with E-state index in [1.165, 1.54) is 0 Å². The summed E-state index contributed by atoms with van der Waals surface area (Å²) in [6.45, 7) is 4.05. The van der Waals surface area contributed by atoms with E-state index in [1.54, 1.807) is 6.26 Å². The summed E-state index contributed by atoms with van der Waals surface area (Å²) in [5.74, 6) is 0. The molecule has 0 aliphatic heterocycles. The molecule has 120 valence electrons. The molecule has 4 aromatic rings. The van der Waals surface area contributed by atoms with Crippen molar-refractivity contribution in [3.63, 3.8) is 0 Å². The molecule has 0 spiro atoms. The molecule has 0 aliphatic rings. The van der Waals surface area contributed by atoms with Gasteiger partial charge in [0.25, 0.3) is 5.55 Å². The largest absolute Gasteiger partial charge is 0.464 e. The van der Waals surface area contributed by atoms with E-state index >= 15 is 0 Å². The molecule has 0 radical (unpaired) electrons. The normalized spacial score (nSPS) is 12.3. The van der Waals surface area contributed by atoms with Gasteiger partial charge in [-0.15, -0.1) is 0 Å². The highest BCUT2D eigenvalue weighted by molar-refractivity contribution is 5.96. The highest BCUT2D eigenvalue weighted by Crippen LogP contribution is 2.29. The van der Waals surface area contributed by atoms with Crippen molar-refractivity contribution in [1.29, 1.82) is 0 Å². The molecule has 4 nitrogen and oxygen atoms in total. The zero-order valence-corrected chi connectivity index (χ0v) is 13.5. The molecule has 0 amide bonds. The molecule has 0 aliphatic carbocycles. The third-order valence-corrected chi connectivity index (χ3v) is 4.51. The number of aryl methyl sites for hydroxylation is 2. The van der Waals surface area contributed by atoms with Crippen molar-refractivity contribution in [3.8, 4) is 0 Å². The molecule has 0 atom stereocenters. The molecule has 0 bridgehead atoms. The molecule has 2 heterocycles. The molecule has 0 unspecified atom stereocenters. The minimum atomic E-state index is 0.242. The van der Waals surface area contributed by atoms with Gasteiger partial charge in [0.2, 0.25) is 0 Å². The van der Waals surface area contributed by atoms with Crippen molar-refractivity contribution in [1.82, 2.24) is 0 Å². The van der Waals surface area contributed by atoms with Crippen LogP contribution in [0, 0.1) is 13.8 Å². The molecule has 0 fully saturated rings. The van der Waals surface area contributed by atoms with Gasteiger partial charge in [-0.3, -0.25) is 0 Å². The minimum Gasteiger partial charge on any atom is -0.464 e. The van der Waals surface area contributed by atoms with E-state index in [0.717, 1.165) is 38.6 Å². The van der Waals surface area contributed by atoms with Crippen LogP contribution in [-0.4, -0.2) is 5.21 Å². The Bertz CT molecular complexity index is 1100. The highest BCUT2D eigenvalue weighted by atomic mass is 16.5. The first kappa shape index (κ1) is 14.6. The molecule has 4 heteroatoms. The fourth-order valence-corrected chi connectivity index (χ4v) is 3.14. The summed E-state index contributed by atoms with van der Waals surface area (Å²) in [7, 11) is 0. The summed E-state index contributed by atoms with van der Waals surface area (Å²) in [5.41, 5.74) is 5.83. The Balaban J connectivity index is 2.00. The number of hydrogen-bond acceptors (Lipinski definition) is 4. The van der Waals surface area contributed by atoms with Crippen LogP contribution in [0.25, 0.3) is 21.9 Å². The Morgan fingerprint density at radius 2 is 1.79 bits per heavy atom. The van der Waals surface area contributed by atoms with Crippen molar-refractivity contribution in [2.45, 2.75) is 20.3 Å². The topological polar surface area (TPSA) is 58.9 Å². The van der Waals surface area contributed by atoms with Gasteiger partial charge in [0.15, 0.2) is 0 Å². The number of furan rings is 1. The number of fused-ring (bicyclic) bond motifs is 2. The molecular formula is C20H17NO3. The molecule has 4 rings (SSSR count). The summed E-state index contributed by atoms with van der Waals surface area (Å²) in [6, 6.07) is 14.0. The second-order valence-electron chi connectivity index (χ2n) is 6.04. The monoisotopic (exact) mass is 319 g/mol. The van der Waals surface area contributed by atoms with Crippen LogP contribution in [0.1, 0.15) is 22.3 Å². The second kappa shape index (κ2) is 5.57. The van der Waals surface area contributed by atoms with Gasteiger partial charge >= 0.3 is 0 Å². The third-order valence-electron chi connectivity index (χ3n) is 4.51. The third kappa shape index (κ3) is 2.27. The Morgan fingerprint density at radius 1 is 1.00 bits per heavy atom. The first-order chi connectivity index (χ1) is 11.7. The van der Waals surface area contributed by atoms with Gasteiger partial charge in [-0.25, -0.2) is 0 Å². The van der Waals surface area contributed by atoms with Gasteiger partial charge in [-0.05, 0) is 41.8 Å². The average molecular weight is 319 g/mol. The van der Waals surface area contributed by atoms with Crippen LogP contribution in [0.4, 0.5) is 0 Å². The maximum atomic E-state index is 9.41. The van der Waals surface area contributed by atoms with Crippen LogP contribution >= 0.6 is 0 Å². The first-order valence-electron chi connectivity index (χ1n) is 7.83. The van der Waals surface area contributed by atoms with Crippen LogP contribution in [0.3, 0.4) is 0 Å². The maximum absolute atomic E-state index is 9.41. The Labute approximate surface area is 138 Å². The lowest BCUT2D eigenvalue weighted by Gasteiger charge is -2.09. The van der Waals surface area contributed by atoms with Crippen molar-refractivity contribution in [2.75, 3.05) is 0 Å². The van der Waals surface area contributed by atoms with Gasteiger partial charge in [0, 0.05) is 28.8 Å². The molecular weight excluding hydrogens is 302 g/mol. The van der Waals surface area contributed by atoms with Crippen molar-refractivity contribution >= 4 is 21.9 Å². The standard InChI is InChI=1S/C20H17NO3/c1-12-11-23-18-10-19-16(9-15(12)18)13(2)17(20(21-22)24-19)8-14-6-4-3-5-7-14/h3-7,9-11,22H,8H2,1-2H3/b21-20+. The van der Waals surface area contributed by atoms with Gasteiger partial charge < -0.3 is 14.0 Å². The van der Waals surface area contributed by atoms with Crippen LogP contribution in [0.15, 0.2) is 62.7 Å². The van der Waals surface area contributed by atoms with E-state index in [-0.39, 0.29) is 5.55 Å². The van der Waals surface area contributed by atoms with Crippen LogP contribution in [0.5, 0.6) is 0 Å².